The van der Waals surface area contributed by atoms with Crippen LogP contribution in [0.2, 0.25) is 0 Å². The molecule has 0 aliphatic heterocycles. The summed E-state index contributed by atoms with van der Waals surface area (Å²) in [7, 11) is 0. The predicted octanol–water partition coefficient (Wildman–Crippen LogP) is 3.53. The zero-order chi connectivity index (χ0) is 18.8. The lowest BCUT2D eigenvalue weighted by molar-refractivity contribution is 0.140. The second-order valence-electron chi connectivity index (χ2n) is 5.83. The van der Waals surface area contributed by atoms with E-state index in [1.807, 2.05) is 62.4 Å². The minimum absolute atomic E-state index is 0.252. The van der Waals surface area contributed by atoms with Crippen molar-refractivity contribution in [2.24, 2.45) is 0 Å². The number of ether oxygens (including phenoxy) is 2. The number of hydrogen-bond donors (Lipinski definition) is 2. The van der Waals surface area contributed by atoms with Gasteiger partial charge in [-0.3, -0.25) is 0 Å². The Morgan fingerprint density at radius 1 is 1.00 bits per heavy atom. The summed E-state index contributed by atoms with van der Waals surface area (Å²) in [6.45, 7) is 5.54. The van der Waals surface area contributed by atoms with Crippen molar-refractivity contribution in [2.45, 2.75) is 20.5 Å². The third-order valence-electron chi connectivity index (χ3n) is 3.84. The average molecular weight is 372 g/mol. The molecule has 0 saturated carbocycles. The zero-order valence-corrected chi connectivity index (χ0v) is 15.9. The first-order valence-corrected chi connectivity index (χ1v) is 8.87. The molecule has 0 fully saturated rings. The highest BCUT2D eigenvalue weighted by molar-refractivity contribution is 7.80. The molecule has 0 aliphatic carbocycles. The molecule has 0 heterocycles. The SMILES string of the molecule is Cc1cccc(OCC(=S)NCCNC(=O)OCc2ccccc2)c1C. The predicted molar refractivity (Wildman–Crippen MR) is 107 cm³/mol. The minimum atomic E-state index is -0.451. The van der Waals surface area contributed by atoms with E-state index in [9.17, 15) is 4.79 Å². The van der Waals surface area contributed by atoms with Crippen molar-refractivity contribution in [3.8, 4) is 5.75 Å². The van der Waals surface area contributed by atoms with Crippen molar-refractivity contribution < 1.29 is 14.3 Å². The largest absolute Gasteiger partial charge is 0.486 e. The van der Waals surface area contributed by atoms with Gasteiger partial charge in [-0.2, -0.15) is 0 Å². The van der Waals surface area contributed by atoms with E-state index in [0.717, 1.165) is 16.9 Å². The van der Waals surface area contributed by atoms with Gasteiger partial charge in [-0.15, -0.1) is 0 Å². The van der Waals surface area contributed by atoms with Crippen molar-refractivity contribution >= 4 is 23.3 Å². The van der Waals surface area contributed by atoms with E-state index < -0.39 is 6.09 Å². The van der Waals surface area contributed by atoms with Crippen LogP contribution in [0.15, 0.2) is 48.5 Å². The number of alkyl carbamates (subject to hydrolysis) is 1. The normalized spacial score (nSPS) is 10.1. The van der Waals surface area contributed by atoms with Gasteiger partial charge in [0.1, 0.15) is 24.0 Å². The summed E-state index contributed by atoms with van der Waals surface area (Å²) in [6.07, 6.45) is -0.451. The highest BCUT2D eigenvalue weighted by Crippen LogP contribution is 2.20. The molecule has 5 nitrogen and oxygen atoms in total. The zero-order valence-electron chi connectivity index (χ0n) is 15.1. The third-order valence-corrected chi connectivity index (χ3v) is 4.11. The quantitative estimate of drug-likeness (QED) is 0.548. The summed E-state index contributed by atoms with van der Waals surface area (Å²) in [4.78, 5) is 12.2. The number of amides is 1. The van der Waals surface area contributed by atoms with E-state index in [1.54, 1.807) is 0 Å². The molecule has 0 saturated heterocycles. The van der Waals surface area contributed by atoms with E-state index in [1.165, 1.54) is 5.56 Å². The van der Waals surface area contributed by atoms with E-state index in [4.69, 9.17) is 21.7 Å². The molecule has 0 unspecified atom stereocenters. The van der Waals surface area contributed by atoms with Crippen LogP contribution >= 0.6 is 12.2 Å². The van der Waals surface area contributed by atoms with Gasteiger partial charge in [-0.05, 0) is 36.6 Å². The number of nitrogens with one attached hydrogen (secondary N) is 2. The molecule has 2 N–H and O–H groups in total. The highest BCUT2D eigenvalue weighted by atomic mass is 32.1. The Labute approximate surface area is 159 Å². The van der Waals surface area contributed by atoms with Crippen molar-refractivity contribution in [3.63, 3.8) is 0 Å². The Morgan fingerprint density at radius 2 is 1.73 bits per heavy atom. The number of carbonyl (C=O) groups is 1. The Bertz CT molecular complexity index is 735. The number of rotatable bonds is 8. The van der Waals surface area contributed by atoms with Crippen LogP contribution in [-0.4, -0.2) is 30.8 Å². The molecular weight excluding hydrogens is 348 g/mol. The summed E-state index contributed by atoms with van der Waals surface area (Å²) in [5.74, 6) is 0.830. The Balaban J connectivity index is 1.58. The lowest BCUT2D eigenvalue weighted by Crippen LogP contribution is -2.36. The number of hydrogen-bond acceptors (Lipinski definition) is 4. The molecule has 0 aromatic heterocycles. The third kappa shape index (κ3) is 6.72. The lowest BCUT2D eigenvalue weighted by Gasteiger charge is -2.13. The second kappa shape index (κ2) is 10.4. The molecule has 0 spiro atoms. The van der Waals surface area contributed by atoms with Gasteiger partial charge < -0.3 is 20.1 Å². The van der Waals surface area contributed by atoms with Gasteiger partial charge in [0.25, 0.3) is 0 Å². The first-order valence-electron chi connectivity index (χ1n) is 8.46. The Hall–Kier alpha value is -2.60. The smallest absolute Gasteiger partial charge is 0.407 e. The van der Waals surface area contributed by atoms with Gasteiger partial charge in [0.15, 0.2) is 0 Å². The summed E-state index contributed by atoms with van der Waals surface area (Å²) >= 11 is 5.24. The fourth-order valence-corrected chi connectivity index (χ4v) is 2.38. The van der Waals surface area contributed by atoms with Crippen LogP contribution in [0, 0.1) is 13.8 Å². The van der Waals surface area contributed by atoms with E-state index >= 15 is 0 Å². The average Bonchev–Trinajstić information content (AvgIpc) is 2.65. The summed E-state index contributed by atoms with van der Waals surface area (Å²) in [5, 5.41) is 5.73. The number of aryl methyl sites for hydroxylation is 1. The molecule has 0 bridgehead atoms. The molecule has 26 heavy (non-hydrogen) atoms. The number of carbonyl (C=O) groups excluding carboxylic acids is 1. The van der Waals surface area contributed by atoms with Gasteiger partial charge in [0, 0.05) is 13.1 Å². The Morgan fingerprint density at radius 3 is 2.50 bits per heavy atom. The van der Waals surface area contributed by atoms with E-state index in [2.05, 4.69) is 10.6 Å². The van der Waals surface area contributed by atoms with Crippen LogP contribution in [0.1, 0.15) is 16.7 Å². The van der Waals surface area contributed by atoms with Crippen LogP contribution in [0.25, 0.3) is 0 Å². The first kappa shape index (κ1) is 19.7. The maximum Gasteiger partial charge on any atom is 0.407 e. The molecule has 2 aromatic carbocycles. The molecule has 6 heteroatoms. The second-order valence-corrected chi connectivity index (χ2v) is 6.32. The molecule has 2 aromatic rings. The van der Waals surface area contributed by atoms with Gasteiger partial charge in [-0.1, -0.05) is 54.7 Å². The fraction of sp³-hybridized carbons (Fsp3) is 0.300. The molecule has 138 valence electrons. The topological polar surface area (TPSA) is 59.6 Å². The van der Waals surface area contributed by atoms with Crippen molar-refractivity contribution in [3.05, 3.63) is 65.2 Å². The van der Waals surface area contributed by atoms with Gasteiger partial charge in [-0.25, -0.2) is 4.79 Å². The van der Waals surface area contributed by atoms with Crippen LogP contribution in [0.3, 0.4) is 0 Å². The molecule has 0 atom stereocenters. The molecular formula is C20H24N2O3S. The minimum Gasteiger partial charge on any atom is -0.486 e. The standard InChI is InChI=1S/C20H24N2O3S/c1-15-7-6-10-18(16(15)2)24-14-19(26)21-11-12-22-20(23)25-13-17-8-4-3-5-9-17/h3-10H,11-14H2,1-2H3,(H,21,26)(H,22,23). The molecule has 1 amide bonds. The van der Waals surface area contributed by atoms with Gasteiger partial charge in [0.2, 0.25) is 0 Å². The van der Waals surface area contributed by atoms with Gasteiger partial charge >= 0.3 is 6.09 Å². The van der Waals surface area contributed by atoms with Crippen molar-refractivity contribution in [1.82, 2.24) is 10.6 Å². The Kier molecular flexibility index (Phi) is 7.89. The summed E-state index contributed by atoms with van der Waals surface area (Å²) in [5.41, 5.74) is 3.24. The van der Waals surface area contributed by atoms with E-state index in [0.29, 0.717) is 24.7 Å². The lowest BCUT2D eigenvalue weighted by atomic mass is 10.1. The van der Waals surface area contributed by atoms with Crippen LogP contribution in [0.4, 0.5) is 4.79 Å². The van der Waals surface area contributed by atoms with Crippen LogP contribution in [-0.2, 0) is 11.3 Å². The summed E-state index contributed by atoms with van der Waals surface area (Å²) < 4.78 is 10.9. The highest BCUT2D eigenvalue weighted by Gasteiger charge is 2.05. The number of benzene rings is 2. The molecule has 0 aliphatic rings. The first-order chi connectivity index (χ1) is 12.6. The maximum atomic E-state index is 11.6. The van der Waals surface area contributed by atoms with Crippen LogP contribution in [0.5, 0.6) is 5.75 Å². The number of thiocarbonyl (C=S) groups is 1. The monoisotopic (exact) mass is 372 g/mol. The fourth-order valence-electron chi connectivity index (χ4n) is 2.22. The summed E-state index contributed by atoms with van der Waals surface area (Å²) in [6, 6.07) is 15.5. The van der Waals surface area contributed by atoms with Gasteiger partial charge in [0.05, 0.1) is 0 Å². The molecule has 0 radical (unpaired) electrons. The molecule has 2 rings (SSSR count). The van der Waals surface area contributed by atoms with Crippen molar-refractivity contribution in [1.29, 1.82) is 0 Å². The van der Waals surface area contributed by atoms with E-state index in [-0.39, 0.29) is 6.61 Å². The van der Waals surface area contributed by atoms with Crippen LogP contribution < -0.4 is 15.4 Å². The maximum absolute atomic E-state index is 11.6. The van der Waals surface area contributed by atoms with Crippen molar-refractivity contribution in [2.75, 3.05) is 19.7 Å².